The first-order chi connectivity index (χ1) is 8.61. The lowest BCUT2D eigenvalue weighted by atomic mass is 10.3. The molecule has 3 N–H and O–H groups in total. The van der Waals surface area contributed by atoms with Crippen molar-refractivity contribution in [2.75, 3.05) is 18.9 Å². The molecule has 0 aliphatic heterocycles. The predicted octanol–water partition coefficient (Wildman–Crippen LogP) is -0.0752. The Morgan fingerprint density at radius 2 is 2.33 bits per heavy atom. The van der Waals surface area contributed by atoms with Crippen molar-refractivity contribution in [3.05, 3.63) is 12.3 Å². The van der Waals surface area contributed by atoms with E-state index in [9.17, 15) is 9.59 Å². The van der Waals surface area contributed by atoms with Gasteiger partial charge in [0, 0.05) is 19.2 Å². The third-order valence-corrected chi connectivity index (χ3v) is 2.15. The summed E-state index contributed by atoms with van der Waals surface area (Å²) in [5.41, 5.74) is 5.42. The van der Waals surface area contributed by atoms with E-state index in [0.717, 1.165) is 0 Å². The van der Waals surface area contributed by atoms with Crippen molar-refractivity contribution in [2.24, 2.45) is 0 Å². The molecule has 0 aromatic carbocycles. The molecule has 0 fully saturated rings. The predicted molar refractivity (Wildman–Crippen MR) is 65.5 cm³/mol. The third kappa shape index (κ3) is 5.33. The first kappa shape index (κ1) is 14.0. The Morgan fingerprint density at radius 1 is 1.56 bits per heavy atom. The number of nitrogen functional groups attached to an aromatic ring is 1. The maximum Gasteiger partial charge on any atom is 0.305 e. The van der Waals surface area contributed by atoms with Gasteiger partial charge in [0.2, 0.25) is 5.91 Å². The summed E-state index contributed by atoms with van der Waals surface area (Å²) < 4.78 is 6.22. The smallest absolute Gasteiger partial charge is 0.305 e. The molecule has 0 aliphatic carbocycles. The van der Waals surface area contributed by atoms with E-state index in [1.54, 1.807) is 19.2 Å². The Balaban J connectivity index is 2.12. The number of nitrogens with zero attached hydrogens (tertiary/aromatic N) is 2. The zero-order valence-corrected chi connectivity index (χ0v) is 10.4. The van der Waals surface area contributed by atoms with Crippen LogP contribution in [-0.4, -0.2) is 34.8 Å². The summed E-state index contributed by atoms with van der Waals surface area (Å²) in [7, 11) is 0. The molecule has 1 aromatic heterocycles. The lowest BCUT2D eigenvalue weighted by Gasteiger charge is -2.05. The molecule has 1 rings (SSSR count). The van der Waals surface area contributed by atoms with Crippen LogP contribution in [0.5, 0.6) is 0 Å². The Hall–Kier alpha value is -2.05. The van der Waals surface area contributed by atoms with E-state index in [2.05, 4.69) is 10.4 Å². The molecule has 7 heteroatoms. The molecule has 0 radical (unpaired) electrons. The highest BCUT2D eigenvalue weighted by Crippen LogP contribution is 1.95. The molecule has 1 aromatic rings. The highest BCUT2D eigenvalue weighted by molar-refractivity contribution is 5.75. The van der Waals surface area contributed by atoms with E-state index in [0.29, 0.717) is 31.8 Å². The molecular weight excluding hydrogens is 236 g/mol. The number of nitrogens with two attached hydrogens (primary N) is 1. The molecule has 0 bridgehead atoms. The van der Waals surface area contributed by atoms with Crippen LogP contribution in [0, 0.1) is 0 Å². The molecule has 0 atom stereocenters. The Labute approximate surface area is 105 Å². The Morgan fingerprint density at radius 3 is 2.94 bits per heavy atom. The average molecular weight is 254 g/mol. The molecule has 0 aliphatic rings. The van der Waals surface area contributed by atoms with Crippen LogP contribution in [0.2, 0.25) is 0 Å². The summed E-state index contributed by atoms with van der Waals surface area (Å²) >= 11 is 0. The van der Waals surface area contributed by atoms with Crippen molar-refractivity contribution >= 4 is 17.7 Å². The van der Waals surface area contributed by atoms with E-state index < -0.39 is 0 Å². The summed E-state index contributed by atoms with van der Waals surface area (Å²) in [5.74, 6) is -0.0290. The zero-order valence-electron chi connectivity index (χ0n) is 10.4. The molecule has 100 valence electrons. The van der Waals surface area contributed by atoms with Crippen LogP contribution in [-0.2, 0) is 20.9 Å². The summed E-state index contributed by atoms with van der Waals surface area (Å²) in [6.45, 7) is 2.70. The van der Waals surface area contributed by atoms with Crippen molar-refractivity contribution in [1.29, 1.82) is 0 Å². The van der Waals surface area contributed by atoms with Gasteiger partial charge in [-0.25, -0.2) is 0 Å². The standard InChI is InChI=1S/C11H18N4O3/c1-2-18-11(17)4-3-6-13-10(16)8-15-7-5-9(12)14-15/h5,7H,2-4,6,8H2,1H3,(H2,12,14)(H,13,16). The van der Waals surface area contributed by atoms with Gasteiger partial charge in [-0.05, 0) is 19.4 Å². The van der Waals surface area contributed by atoms with Crippen molar-refractivity contribution in [1.82, 2.24) is 15.1 Å². The quantitative estimate of drug-likeness (QED) is 0.524. The zero-order chi connectivity index (χ0) is 13.4. The SMILES string of the molecule is CCOC(=O)CCCNC(=O)Cn1ccc(N)n1. The minimum Gasteiger partial charge on any atom is -0.466 e. The fourth-order valence-electron chi connectivity index (χ4n) is 1.36. The summed E-state index contributed by atoms with van der Waals surface area (Å²) in [4.78, 5) is 22.5. The van der Waals surface area contributed by atoms with E-state index in [4.69, 9.17) is 10.5 Å². The molecule has 1 heterocycles. The van der Waals surface area contributed by atoms with Gasteiger partial charge in [0.05, 0.1) is 6.61 Å². The number of esters is 1. The monoisotopic (exact) mass is 254 g/mol. The van der Waals surface area contributed by atoms with Crippen LogP contribution in [0.3, 0.4) is 0 Å². The van der Waals surface area contributed by atoms with Gasteiger partial charge in [-0.2, -0.15) is 5.10 Å². The van der Waals surface area contributed by atoms with Crippen molar-refractivity contribution in [2.45, 2.75) is 26.3 Å². The van der Waals surface area contributed by atoms with E-state index in [1.165, 1.54) is 4.68 Å². The van der Waals surface area contributed by atoms with Crippen LogP contribution in [0.15, 0.2) is 12.3 Å². The van der Waals surface area contributed by atoms with Gasteiger partial charge in [0.25, 0.3) is 0 Å². The second-order valence-corrected chi connectivity index (χ2v) is 3.70. The summed E-state index contributed by atoms with van der Waals surface area (Å²) in [6, 6.07) is 1.62. The van der Waals surface area contributed by atoms with E-state index in [1.807, 2.05) is 0 Å². The van der Waals surface area contributed by atoms with Gasteiger partial charge in [-0.15, -0.1) is 0 Å². The topological polar surface area (TPSA) is 99.2 Å². The molecule has 7 nitrogen and oxygen atoms in total. The molecular formula is C11H18N4O3. The van der Waals surface area contributed by atoms with Crippen molar-refractivity contribution in [3.8, 4) is 0 Å². The van der Waals surface area contributed by atoms with Gasteiger partial charge < -0.3 is 15.8 Å². The maximum atomic E-state index is 11.5. The molecule has 0 saturated carbocycles. The fraction of sp³-hybridized carbons (Fsp3) is 0.545. The number of rotatable bonds is 7. The van der Waals surface area contributed by atoms with Gasteiger partial charge in [0.15, 0.2) is 0 Å². The van der Waals surface area contributed by atoms with Gasteiger partial charge >= 0.3 is 5.97 Å². The van der Waals surface area contributed by atoms with Crippen LogP contribution in [0.25, 0.3) is 0 Å². The molecule has 18 heavy (non-hydrogen) atoms. The van der Waals surface area contributed by atoms with Crippen LogP contribution in [0.1, 0.15) is 19.8 Å². The molecule has 0 unspecified atom stereocenters. The van der Waals surface area contributed by atoms with E-state index >= 15 is 0 Å². The number of hydrogen-bond acceptors (Lipinski definition) is 5. The minimum absolute atomic E-state index is 0.122. The number of ether oxygens (including phenoxy) is 1. The lowest BCUT2D eigenvalue weighted by molar-refractivity contribution is -0.143. The van der Waals surface area contributed by atoms with Crippen LogP contribution in [0.4, 0.5) is 5.82 Å². The van der Waals surface area contributed by atoms with Gasteiger partial charge in [-0.1, -0.05) is 0 Å². The van der Waals surface area contributed by atoms with Crippen molar-refractivity contribution in [3.63, 3.8) is 0 Å². The number of anilines is 1. The Bertz CT molecular complexity index is 403. The lowest BCUT2D eigenvalue weighted by Crippen LogP contribution is -2.29. The minimum atomic E-state index is -0.244. The number of nitrogens with one attached hydrogen (secondary N) is 1. The molecule has 0 saturated heterocycles. The number of carbonyl (C=O) groups excluding carboxylic acids is 2. The number of carbonyl (C=O) groups is 2. The highest BCUT2D eigenvalue weighted by Gasteiger charge is 2.05. The second kappa shape index (κ2) is 7.31. The largest absolute Gasteiger partial charge is 0.466 e. The average Bonchev–Trinajstić information content (AvgIpc) is 2.70. The van der Waals surface area contributed by atoms with E-state index in [-0.39, 0.29) is 18.4 Å². The second-order valence-electron chi connectivity index (χ2n) is 3.70. The maximum absolute atomic E-state index is 11.5. The third-order valence-electron chi connectivity index (χ3n) is 2.15. The summed E-state index contributed by atoms with van der Waals surface area (Å²) in [5, 5.41) is 6.58. The van der Waals surface area contributed by atoms with Crippen LogP contribution >= 0.6 is 0 Å². The first-order valence-corrected chi connectivity index (χ1v) is 5.83. The number of aromatic nitrogens is 2. The van der Waals surface area contributed by atoms with Gasteiger partial charge in [-0.3, -0.25) is 14.3 Å². The normalized spacial score (nSPS) is 10.1. The highest BCUT2D eigenvalue weighted by atomic mass is 16.5. The number of hydrogen-bond donors (Lipinski definition) is 2. The van der Waals surface area contributed by atoms with Crippen molar-refractivity contribution < 1.29 is 14.3 Å². The van der Waals surface area contributed by atoms with Crippen LogP contribution < -0.4 is 11.1 Å². The molecule has 1 amide bonds. The fourth-order valence-corrected chi connectivity index (χ4v) is 1.36. The number of amides is 1. The Kier molecular flexibility index (Phi) is 5.69. The first-order valence-electron chi connectivity index (χ1n) is 5.83. The molecule has 0 spiro atoms. The van der Waals surface area contributed by atoms with Gasteiger partial charge in [0.1, 0.15) is 12.4 Å². The summed E-state index contributed by atoms with van der Waals surface area (Å²) in [6.07, 6.45) is 2.50.